The molecule has 0 bridgehead atoms. The van der Waals surface area contributed by atoms with Gasteiger partial charge in [0.1, 0.15) is 9.84 Å². The third kappa shape index (κ3) is 3.69. The van der Waals surface area contributed by atoms with Crippen molar-refractivity contribution in [3.63, 3.8) is 0 Å². The standard InChI is InChI=1S/C13H23BrO2S/c1-17(15,16)13-7-3-5-11(9-13)10-4-2-6-12(14)8-10/h10-13H,2-9H2,1H3. The Labute approximate surface area is 114 Å². The molecule has 0 aromatic heterocycles. The highest BCUT2D eigenvalue weighted by molar-refractivity contribution is 9.09. The van der Waals surface area contributed by atoms with E-state index in [0.717, 1.165) is 25.2 Å². The molecule has 0 aromatic rings. The van der Waals surface area contributed by atoms with Gasteiger partial charge in [0.15, 0.2) is 0 Å². The summed E-state index contributed by atoms with van der Waals surface area (Å²) >= 11 is 3.73. The molecule has 2 nitrogen and oxygen atoms in total. The minimum absolute atomic E-state index is 0.0584. The van der Waals surface area contributed by atoms with E-state index in [1.807, 2.05) is 0 Å². The van der Waals surface area contributed by atoms with Crippen LogP contribution in [0.2, 0.25) is 0 Å². The minimum Gasteiger partial charge on any atom is -0.229 e. The molecule has 17 heavy (non-hydrogen) atoms. The SMILES string of the molecule is CS(=O)(=O)C1CCCC(C2CCCC(Br)C2)C1. The van der Waals surface area contributed by atoms with Crippen molar-refractivity contribution in [2.45, 2.75) is 61.4 Å². The Balaban J connectivity index is 1.97. The Morgan fingerprint density at radius 2 is 1.53 bits per heavy atom. The number of alkyl halides is 1. The normalized spacial score (nSPS) is 40.1. The van der Waals surface area contributed by atoms with E-state index in [0.29, 0.717) is 10.7 Å². The molecule has 0 heterocycles. The maximum Gasteiger partial charge on any atom is 0.150 e. The summed E-state index contributed by atoms with van der Waals surface area (Å²) in [4.78, 5) is 0.667. The lowest BCUT2D eigenvalue weighted by Gasteiger charge is -2.37. The third-order valence-corrected chi connectivity index (χ3v) is 7.06. The molecule has 4 heteroatoms. The van der Waals surface area contributed by atoms with Gasteiger partial charge in [-0.15, -0.1) is 0 Å². The Kier molecular flexibility index (Phi) is 4.56. The fourth-order valence-electron chi connectivity index (χ4n) is 3.59. The quantitative estimate of drug-likeness (QED) is 0.729. The van der Waals surface area contributed by atoms with Gasteiger partial charge < -0.3 is 0 Å². The van der Waals surface area contributed by atoms with Crippen molar-refractivity contribution in [3.05, 3.63) is 0 Å². The highest BCUT2D eigenvalue weighted by atomic mass is 79.9. The third-order valence-electron chi connectivity index (χ3n) is 4.59. The molecule has 0 aliphatic heterocycles. The molecule has 0 saturated heterocycles. The van der Waals surface area contributed by atoms with Crippen LogP contribution in [0, 0.1) is 11.8 Å². The van der Waals surface area contributed by atoms with Gasteiger partial charge in [-0.1, -0.05) is 41.6 Å². The van der Waals surface area contributed by atoms with Crippen molar-refractivity contribution in [1.29, 1.82) is 0 Å². The topological polar surface area (TPSA) is 34.1 Å². The summed E-state index contributed by atoms with van der Waals surface area (Å²) in [5.41, 5.74) is 0. The molecule has 2 fully saturated rings. The first-order valence-electron chi connectivity index (χ1n) is 6.79. The predicted octanol–water partition coefficient (Wildman–Crippen LogP) is 3.54. The Bertz CT molecular complexity index is 352. The van der Waals surface area contributed by atoms with Crippen molar-refractivity contribution in [2.24, 2.45) is 11.8 Å². The number of sulfone groups is 1. The Hall–Kier alpha value is 0.430. The van der Waals surface area contributed by atoms with Crippen LogP contribution in [-0.2, 0) is 9.84 Å². The second-order valence-corrected chi connectivity index (χ2v) is 9.52. The maximum absolute atomic E-state index is 11.7. The van der Waals surface area contributed by atoms with Gasteiger partial charge in [0.2, 0.25) is 0 Å². The number of halogens is 1. The molecule has 4 atom stereocenters. The molecule has 0 aromatic carbocycles. The van der Waals surface area contributed by atoms with Crippen molar-refractivity contribution in [3.8, 4) is 0 Å². The van der Waals surface area contributed by atoms with E-state index in [1.54, 1.807) is 0 Å². The fourth-order valence-corrected chi connectivity index (χ4v) is 5.59. The molecule has 0 spiro atoms. The van der Waals surface area contributed by atoms with Crippen LogP contribution in [0.3, 0.4) is 0 Å². The summed E-state index contributed by atoms with van der Waals surface area (Å²) in [5, 5.41) is -0.0584. The molecule has 0 N–H and O–H groups in total. The summed E-state index contributed by atoms with van der Waals surface area (Å²) in [6.07, 6.45) is 10.7. The molecule has 2 rings (SSSR count). The minimum atomic E-state index is -2.82. The predicted molar refractivity (Wildman–Crippen MR) is 75.3 cm³/mol. The smallest absolute Gasteiger partial charge is 0.150 e. The molecule has 2 saturated carbocycles. The molecule has 0 radical (unpaired) electrons. The van der Waals surface area contributed by atoms with Gasteiger partial charge in [0.25, 0.3) is 0 Å². The highest BCUT2D eigenvalue weighted by Gasteiger charge is 2.34. The number of hydrogen-bond donors (Lipinski definition) is 0. The summed E-state index contributed by atoms with van der Waals surface area (Å²) in [7, 11) is -2.82. The Morgan fingerprint density at radius 1 is 0.941 bits per heavy atom. The first-order valence-corrected chi connectivity index (χ1v) is 9.67. The first-order chi connectivity index (χ1) is 7.97. The molecule has 0 amide bonds. The first kappa shape index (κ1) is 13.9. The number of rotatable bonds is 2. The molecule has 2 aliphatic carbocycles. The van der Waals surface area contributed by atoms with Crippen LogP contribution < -0.4 is 0 Å². The van der Waals surface area contributed by atoms with E-state index in [9.17, 15) is 8.42 Å². The van der Waals surface area contributed by atoms with E-state index in [2.05, 4.69) is 15.9 Å². The van der Waals surface area contributed by atoms with Crippen LogP contribution >= 0.6 is 15.9 Å². The van der Waals surface area contributed by atoms with Crippen molar-refractivity contribution in [1.82, 2.24) is 0 Å². The van der Waals surface area contributed by atoms with Gasteiger partial charge in [-0.2, -0.15) is 0 Å². The second kappa shape index (κ2) is 5.60. The van der Waals surface area contributed by atoms with Gasteiger partial charge >= 0.3 is 0 Å². The molecule has 2 aliphatic rings. The Morgan fingerprint density at radius 3 is 2.12 bits per heavy atom. The average Bonchev–Trinajstić information content (AvgIpc) is 2.28. The molecular formula is C13H23BrO2S. The van der Waals surface area contributed by atoms with Crippen molar-refractivity contribution >= 4 is 25.8 Å². The largest absolute Gasteiger partial charge is 0.229 e. The lowest BCUT2D eigenvalue weighted by atomic mass is 9.73. The van der Waals surface area contributed by atoms with Gasteiger partial charge in [0.05, 0.1) is 5.25 Å². The number of hydrogen-bond acceptors (Lipinski definition) is 2. The zero-order chi connectivity index (χ0) is 12.5. The van der Waals surface area contributed by atoms with Gasteiger partial charge in [-0.3, -0.25) is 0 Å². The van der Waals surface area contributed by atoms with Crippen LogP contribution in [0.4, 0.5) is 0 Å². The summed E-state index contributed by atoms with van der Waals surface area (Å²) in [5.74, 6) is 1.42. The summed E-state index contributed by atoms with van der Waals surface area (Å²) in [6.45, 7) is 0. The maximum atomic E-state index is 11.7. The van der Waals surface area contributed by atoms with Crippen LogP contribution in [0.25, 0.3) is 0 Å². The fraction of sp³-hybridized carbons (Fsp3) is 1.00. The van der Waals surface area contributed by atoms with Gasteiger partial charge in [-0.05, 0) is 37.5 Å². The molecular weight excluding hydrogens is 300 g/mol. The van der Waals surface area contributed by atoms with Crippen LogP contribution in [0.15, 0.2) is 0 Å². The second-order valence-electron chi connectivity index (χ2n) is 5.90. The van der Waals surface area contributed by atoms with E-state index >= 15 is 0 Å². The van der Waals surface area contributed by atoms with Gasteiger partial charge in [0, 0.05) is 11.1 Å². The van der Waals surface area contributed by atoms with E-state index in [1.165, 1.54) is 38.4 Å². The van der Waals surface area contributed by atoms with Crippen LogP contribution in [0.1, 0.15) is 51.4 Å². The monoisotopic (exact) mass is 322 g/mol. The van der Waals surface area contributed by atoms with Crippen molar-refractivity contribution in [2.75, 3.05) is 6.26 Å². The molecule has 4 unspecified atom stereocenters. The zero-order valence-corrected chi connectivity index (χ0v) is 13.0. The van der Waals surface area contributed by atoms with Crippen molar-refractivity contribution < 1.29 is 8.42 Å². The van der Waals surface area contributed by atoms with Crippen LogP contribution in [0.5, 0.6) is 0 Å². The lowest BCUT2D eigenvalue weighted by Crippen LogP contribution is -2.32. The lowest BCUT2D eigenvalue weighted by molar-refractivity contribution is 0.201. The van der Waals surface area contributed by atoms with E-state index < -0.39 is 9.84 Å². The van der Waals surface area contributed by atoms with Gasteiger partial charge in [-0.25, -0.2) is 8.42 Å². The zero-order valence-electron chi connectivity index (χ0n) is 10.6. The van der Waals surface area contributed by atoms with E-state index in [4.69, 9.17) is 0 Å². The summed E-state index contributed by atoms with van der Waals surface area (Å²) in [6, 6.07) is 0. The van der Waals surface area contributed by atoms with Crippen LogP contribution in [-0.4, -0.2) is 24.8 Å². The summed E-state index contributed by atoms with van der Waals surface area (Å²) < 4.78 is 23.3. The van der Waals surface area contributed by atoms with E-state index in [-0.39, 0.29) is 5.25 Å². The average molecular weight is 323 g/mol. The highest BCUT2D eigenvalue weighted by Crippen LogP contribution is 2.41. The molecule has 100 valence electrons.